The number of carbonyl (C=O) groups excluding carboxylic acids is 1. The van der Waals surface area contributed by atoms with Crippen LogP contribution in [-0.2, 0) is 4.79 Å². The first-order valence-electron chi connectivity index (χ1n) is 10.8. The standard InChI is InChI=1S/C25H34N2O/c1-2-3-4-5-6-7-8-9-13-16-25(28)27-26-21-22-17-19-24(20-18-22)23-14-11-10-12-15-23/h10-12,14-15,17-21H,2-9,13,16H2,1H3,(H,27,28). The van der Waals surface area contributed by atoms with Gasteiger partial charge in [-0.3, -0.25) is 4.79 Å². The van der Waals surface area contributed by atoms with Gasteiger partial charge in [0, 0.05) is 6.42 Å². The molecule has 0 atom stereocenters. The smallest absolute Gasteiger partial charge is 0.240 e. The number of carbonyl (C=O) groups is 1. The average molecular weight is 379 g/mol. The normalized spacial score (nSPS) is 11.0. The van der Waals surface area contributed by atoms with E-state index in [-0.39, 0.29) is 5.91 Å². The summed E-state index contributed by atoms with van der Waals surface area (Å²) in [6.45, 7) is 2.25. The van der Waals surface area contributed by atoms with Crippen molar-refractivity contribution in [3.05, 3.63) is 60.2 Å². The number of nitrogens with zero attached hydrogens (tertiary/aromatic N) is 1. The predicted molar refractivity (Wildman–Crippen MR) is 119 cm³/mol. The first-order valence-corrected chi connectivity index (χ1v) is 10.8. The Morgan fingerprint density at radius 1 is 0.786 bits per heavy atom. The Labute approximate surface area is 170 Å². The van der Waals surface area contributed by atoms with Crippen molar-refractivity contribution in [2.45, 2.75) is 71.1 Å². The molecule has 0 bridgehead atoms. The van der Waals surface area contributed by atoms with Crippen molar-refractivity contribution in [1.29, 1.82) is 0 Å². The summed E-state index contributed by atoms with van der Waals surface area (Å²) in [4.78, 5) is 11.9. The third-order valence-corrected chi connectivity index (χ3v) is 4.93. The lowest BCUT2D eigenvalue weighted by molar-refractivity contribution is -0.121. The zero-order valence-electron chi connectivity index (χ0n) is 17.2. The van der Waals surface area contributed by atoms with Crippen LogP contribution >= 0.6 is 0 Å². The van der Waals surface area contributed by atoms with Gasteiger partial charge in [0.25, 0.3) is 0 Å². The highest BCUT2D eigenvalue weighted by Gasteiger charge is 2.00. The molecule has 0 radical (unpaired) electrons. The Morgan fingerprint density at radius 2 is 1.36 bits per heavy atom. The summed E-state index contributed by atoms with van der Waals surface area (Å²) in [6.07, 6.45) is 13.6. The van der Waals surface area contributed by atoms with Crippen LogP contribution < -0.4 is 5.43 Å². The van der Waals surface area contributed by atoms with Crippen molar-refractivity contribution in [3.63, 3.8) is 0 Å². The van der Waals surface area contributed by atoms with Gasteiger partial charge in [0.15, 0.2) is 0 Å². The zero-order valence-corrected chi connectivity index (χ0v) is 17.2. The number of nitrogens with one attached hydrogen (secondary N) is 1. The second kappa shape index (κ2) is 13.7. The quantitative estimate of drug-likeness (QED) is 0.234. The summed E-state index contributed by atoms with van der Waals surface area (Å²) in [5.74, 6) is 0.0000940. The van der Waals surface area contributed by atoms with Crippen LogP contribution in [0.25, 0.3) is 11.1 Å². The van der Waals surface area contributed by atoms with Crippen LogP contribution in [0.5, 0.6) is 0 Å². The summed E-state index contributed by atoms with van der Waals surface area (Å²) in [7, 11) is 0. The molecule has 0 aliphatic heterocycles. The van der Waals surface area contributed by atoms with Gasteiger partial charge in [-0.2, -0.15) is 5.10 Å². The molecule has 0 aliphatic carbocycles. The van der Waals surface area contributed by atoms with Gasteiger partial charge in [0.2, 0.25) is 5.91 Å². The number of amides is 1. The highest BCUT2D eigenvalue weighted by molar-refractivity contribution is 5.83. The minimum atomic E-state index is 0.0000940. The number of hydrazone groups is 1. The van der Waals surface area contributed by atoms with Gasteiger partial charge in [-0.05, 0) is 23.1 Å². The molecular weight excluding hydrogens is 344 g/mol. The molecule has 1 N–H and O–H groups in total. The number of benzene rings is 2. The Balaban J connectivity index is 1.57. The highest BCUT2D eigenvalue weighted by Crippen LogP contribution is 2.18. The summed E-state index contributed by atoms with van der Waals surface area (Å²) in [5, 5.41) is 4.08. The summed E-state index contributed by atoms with van der Waals surface area (Å²) >= 11 is 0. The van der Waals surface area contributed by atoms with Crippen molar-refractivity contribution in [2.24, 2.45) is 5.10 Å². The zero-order chi connectivity index (χ0) is 19.9. The second-order valence-corrected chi connectivity index (χ2v) is 7.36. The van der Waals surface area contributed by atoms with Crippen molar-refractivity contribution >= 4 is 12.1 Å². The lowest BCUT2D eigenvalue weighted by atomic mass is 10.0. The maximum Gasteiger partial charge on any atom is 0.240 e. The third kappa shape index (κ3) is 8.98. The fourth-order valence-corrected chi connectivity index (χ4v) is 3.22. The van der Waals surface area contributed by atoms with Crippen LogP contribution in [0.1, 0.15) is 76.7 Å². The molecule has 3 heteroatoms. The molecule has 0 saturated heterocycles. The van der Waals surface area contributed by atoms with Gasteiger partial charge < -0.3 is 0 Å². The van der Waals surface area contributed by atoms with Crippen molar-refractivity contribution in [2.75, 3.05) is 0 Å². The van der Waals surface area contributed by atoms with E-state index in [1.807, 2.05) is 30.3 Å². The van der Waals surface area contributed by atoms with E-state index in [0.29, 0.717) is 6.42 Å². The molecule has 0 heterocycles. The van der Waals surface area contributed by atoms with Crippen LogP contribution in [0, 0.1) is 0 Å². The Kier molecular flexibility index (Phi) is 10.7. The van der Waals surface area contributed by atoms with E-state index in [0.717, 1.165) is 18.4 Å². The lowest BCUT2D eigenvalue weighted by Gasteiger charge is -2.03. The van der Waals surface area contributed by atoms with Crippen LogP contribution in [-0.4, -0.2) is 12.1 Å². The van der Waals surface area contributed by atoms with Crippen LogP contribution in [0.2, 0.25) is 0 Å². The molecule has 1 amide bonds. The van der Waals surface area contributed by atoms with Crippen LogP contribution in [0.4, 0.5) is 0 Å². The van der Waals surface area contributed by atoms with Crippen LogP contribution in [0.3, 0.4) is 0 Å². The minimum absolute atomic E-state index is 0.0000940. The van der Waals surface area contributed by atoms with Crippen molar-refractivity contribution < 1.29 is 4.79 Å². The molecule has 0 spiro atoms. The van der Waals surface area contributed by atoms with E-state index in [1.165, 1.54) is 56.1 Å². The maximum absolute atomic E-state index is 11.9. The van der Waals surface area contributed by atoms with E-state index in [9.17, 15) is 4.79 Å². The van der Waals surface area contributed by atoms with Gasteiger partial charge in [-0.15, -0.1) is 0 Å². The molecule has 0 fully saturated rings. The largest absolute Gasteiger partial charge is 0.273 e. The van der Waals surface area contributed by atoms with Gasteiger partial charge in [-0.1, -0.05) is 113 Å². The lowest BCUT2D eigenvalue weighted by Crippen LogP contribution is -2.16. The fraction of sp³-hybridized carbons (Fsp3) is 0.440. The third-order valence-electron chi connectivity index (χ3n) is 4.93. The van der Waals surface area contributed by atoms with Crippen molar-refractivity contribution in [3.8, 4) is 11.1 Å². The molecular formula is C25H34N2O. The monoisotopic (exact) mass is 378 g/mol. The van der Waals surface area contributed by atoms with Crippen molar-refractivity contribution in [1.82, 2.24) is 5.43 Å². The molecule has 28 heavy (non-hydrogen) atoms. The summed E-state index contributed by atoms with van der Waals surface area (Å²) in [5.41, 5.74) is 5.98. The number of rotatable bonds is 13. The van der Waals surface area contributed by atoms with Gasteiger partial charge in [-0.25, -0.2) is 5.43 Å². The van der Waals surface area contributed by atoms with Gasteiger partial charge in [0.1, 0.15) is 0 Å². The SMILES string of the molecule is CCCCCCCCCCCC(=O)NN=Cc1ccc(-c2ccccc2)cc1. The number of hydrogen-bond donors (Lipinski definition) is 1. The molecule has 150 valence electrons. The topological polar surface area (TPSA) is 41.5 Å². The Morgan fingerprint density at radius 3 is 2.00 bits per heavy atom. The average Bonchev–Trinajstić information content (AvgIpc) is 2.74. The molecule has 3 nitrogen and oxygen atoms in total. The number of hydrogen-bond acceptors (Lipinski definition) is 2. The molecule has 0 aliphatic rings. The highest BCUT2D eigenvalue weighted by atomic mass is 16.2. The first-order chi connectivity index (χ1) is 13.8. The molecule has 2 aromatic rings. The second-order valence-electron chi connectivity index (χ2n) is 7.36. The minimum Gasteiger partial charge on any atom is -0.273 e. The molecule has 0 unspecified atom stereocenters. The van der Waals surface area contributed by atoms with Gasteiger partial charge >= 0.3 is 0 Å². The summed E-state index contributed by atoms with van der Waals surface area (Å²) < 4.78 is 0. The predicted octanol–water partition coefficient (Wildman–Crippen LogP) is 6.72. The van der Waals surface area contributed by atoms with E-state index >= 15 is 0 Å². The summed E-state index contributed by atoms with van der Waals surface area (Å²) in [6, 6.07) is 18.4. The van der Waals surface area contributed by atoms with E-state index < -0.39 is 0 Å². The molecule has 2 aromatic carbocycles. The Bertz CT molecular complexity index is 692. The van der Waals surface area contributed by atoms with Crippen LogP contribution in [0.15, 0.2) is 59.7 Å². The number of unbranched alkanes of at least 4 members (excludes halogenated alkanes) is 8. The molecule has 0 aromatic heterocycles. The van der Waals surface area contributed by atoms with E-state index in [4.69, 9.17) is 0 Å². The molecule has 2 rings (SSSR count). The molecule has 0 saturated carbocycles. The first kappa shape index (κ1) is 21.9. The maximum atomic E-state index is 11.9. The van der Waals surface area contributed by atoms with E-state index in [1.54, 1.807) is 6.21 Å². The fourth-order valence-electron chi connectivity index (χ4n) is 3.22. The van der Waals surface area contributed by atoms with E-state index in [2.05, 4.69) is 41.7 Å². The van der Waals surface area contributed by atoms with Gasteiger partial charge in [0.05, 0.1) is 6.21 Å². The Hall–Kier alpha value is -2.42.